The molecule has 8 aromatic carbocycles. The number of para-hydroxylation sites is 4. The molecule has 0 amide bonds. The molecule has 11 aromatic rings. The quantitative estimate of drug-likeness (QED) is 0.172. The first-order chi connectivity index (χ1) is 27.8. The second kappa shape index (κ2) is 13.0. The van der Waals surface area contributed by atoms with E-state index in [0.29, 0.717) is 17.5 Å². The van der Waals surface area contributed by atoms with Crippen molar-refractivity contribution in [1.82, 2.24) is 24.1 Å². The fraction of sp³-hybridized carbons (Fsp3) is 0. The topological polar surface area (TPSA) is 48.5 Å². The average molecular weight is 716 g/mol. The maximum Gasteiger partial charge on any atom is 0.166 e. The molecule has 0 bridgehead atoms. The lowest BCUT2D eigenvalue weighted by Crippen LogP contribution is -2.02. The van der Waals surface area contributed by atoms with Gasteiger partial charge in [-0.1, -0.05) is 146 Å². The molecule has 0 saturated carbocycles. The third-order valence-electron chi connectivity index (χ3n) is 10.8. The molecule has 262 valence electrons. The van der Waals surface area contributed by atoms with Crippen molar-refractivity contribution < 1.29 is 0 Å². The van der Waals surface area contributed by atoms with Gasteiger partial charge in [-0.05, 0) is 65.7 Å². The summed E-state index contributed by atoms with van der Waals surface area (Å²) in [6, 6.07) is 70.3. The van der Waals surface area contributed by atoms with Crippen LogP contribution in [0.5, 0.6) is 0 Å². The summed E-state index contributed by atoms with van der Waals surface area (Å²) < 4.78 is 4.74. The van der Waals surface area contributed by atoms with Crippen LogP contribution in [0.2, 0.25) is 0 Å². The minimum absolute atomic E-state index is 0.621. The van der Waals surface area contributed by atoms with Crippen LogP contribution in [-0.2, 0) is 0 Å². The van der Waals surface area contributed by atoms with E-state index < -0.39 is 0 Å². The van der Waals surface area contributed by atoms with E-state index in [1.165, 1.54) is 21.8 Å². The number of fused-ring (bicyclic) bond motifs is 6. The van der Waals surface area contributed by atoms with Gasteiger partial charge >= 0.3 is 0 Å². The third-order valence-corrected chi connectivity index (χ3v) is 10.8. The van der Waals surface area contributed by atoms with Gasteiger partial charge < -0.3 is 9.13 Å². The Morgan fingerprint density at radius 2 is 0.768 bits per heavy atom. The molecule has 0 unspecified atom stereocenters. The molecule has 0 atom stereocenters. The van der Waals surface area contributed by atoms with Gasteiger partial charge in [0.05, 0.1) is 22.1 Å². The predicted molar refractivity (Wildman–Crippen MR) is 230 cm³/mol. The molecular weight excluding hydrogens is 683 g/mol. The zero-order valence-corrected chi connectivity index (χ0v) is 30.3. The fourth-order valence-electron chi connectivity index (χ4n) is 8.29. The Labute approximate surface area is 323 Å². The Morgan fingerprint density at radius 3 is 1.39 bits per heavy atom. The van der Waals surface area contributed by atoms with Gasteiger partial charge in [-0.15, -0.1) is 0 Å². The van der Waals surface area contributed by atoms with Crippen molar-refractivity contribution in [3.63, 3.8) is 0 Å². The Balaban J connectivity index is 1.23. The van der Waals surface area contributed by atoms with Gasteiger partial charge in [0.2, 0.25) is 0 Å². The summed E-state index contributed by atoms with van der Waals surface area (Å²) in [6.07, 6.45) is 0. The lowest BCUT2D eigenvalue weighted by Gasteiger charge is -2.14. The van der Waals surface area contributed by atoms with E-state index in [1.807, 2.05) is 36.4 Å². The van der Waals surface area contributed by atoms with E-state index in [1.54, 1.807) is 0 Å². The van der Waals surface area contributed by atoms with E-state index in [0.717, 1.165) is 61.0 Å². The summed E-state index contributed by atoms with van der Waals surface area (Å²) in [6.45, 7) is 0. The summed E-state index contributed by atoms with van der Waals surface area (Å²) >= 11 is 0. The molecule has 0 aliphatic heterocycles. The monoisotopic (exact) mass is 715 g/mol. The molecule has 0 saturated heterocycles. The van der Waals surface area contributed by atoms with Gasteiger partial charge in [-0.3, -0.25) is 0 Å². The fourth-order valence-corrected chi connectivity index (χ4v) is 8.29. The first-order valence-electron chi connectivity index (χ1n) is 18.9. The molecule has 0 spiro atoms. The second-order valence-electron chi connectivity index (χ2n) is 14.0. The number of benzene rings is 8. The van der Waals surface area contributed by atoms with Gasteiger partial charge in [0.25, 0.3) is 0 Å². The van der Waals surface area contributed by atoms with Crippen molar-refractivity contribution in [3.8, 4) is 56.7 Å². The molecule has 11 rings (SSSR count). The minimum Gasteiger partial charge on any atom is -0.309 e. The summed E-state index contributed by atoms with van der Waals surface area (Å²) in [4.78, 5) is 15.5. The maximum absolute atomic E-state index is 5.23. The molecule has 0 aliphatic carbocycles. The maximum atomic E-state index is 5.23. The molecule has 0 fully saturated rings. The first-order valence-corrected chi connectivity index (χ1v) is 18.9. The molecule has 5 nitrogen and oxygen atoms in total. The lowest BCUT2D eigenvalue weighted by molar-refractivity contribution is 1.07. The Hall–Kier alpha value is -7.63. The number of hydrogen-bond acceptors (Lipinski definition) is 3. The van der Waals surface area contributed by atoms with Gasteiger partial charge in [-0.25, -0.2) is 15.0 Å². The zero-order chi connectivity index (χ0) is 37.0. The van der Waals surface area contributed by atoms with Crippen LogP contribution < -0.4 is 0 Å². The Bertz CT molecular complexity index is 3160. The highest BCUT2D eigenvalue weighted by atomic mass is 15.0. The minimum atomic E-state index is 0.621. The van der Waals surface area contributed by atoms with Crippen molar-refractivity contribution >= 4 is 43.6 Å². The smallest absolute Gasteiger partial charge is 0.166 e. The van der Waals surface area contributed by atoms with Crippen molar-refractivity contribution in [1.29, 1.82) is 0 Å². The number of aromatic nitrogens is 5. The van der Waals surface area contributed by atoms with Crippen molar-refractivity contribution in [2.24, 2.45) is 0 Å². The van der Waals surface area contributed by atoms with Crippen LogP contribution in [0.3, 0.4) is 0 Å². The molecule has 0 N–H and O–H groups in total. The van der Waals surface area contributed by atoms with Crippen LogP contribution in [0.1, 0.15) is 0 Å². The SMILES string of the molecule is c1ccc(-c2nc(-c3ccccc3)nc(-c3ccc(-c4ccc5c(c4)c4ccccc4n5-c4ccccc4)c4c5ccccc5n(-c5ccccc5)c34)n2)cc1. The number of hydrogen-bond donors (Lipinski definition) is 0. The van der Waals surface area contributed by atoms with Gasteiger partial charge in [0, 0.05) is 49.6 Å². The summed E-state index contributed by atoms with van der Waals surface area (Å²) in [5.74, 6) is 1.89. The van der Waals surface area contributed by atoms with Crippen molar-refractivity contribution in [3.05, 3.63) is 200 Å². The summed E-state index contributed by atoms with van der Waals surface area (Å²) in [7, 11) is 0. The van der Waals surface area contributed by atoms with Crippen molar-refractivity contribution in [2.45, 2.75) is 0 Å². The van der Waals surface area contributed by atoms with E-state index in [-0.39, 0.29) is 0 Å². The highest BCUT2D eigenvalue weighted by Crippen LogP contribution is 2.44. The van der Waals surface area contributed by atoms with Gasteiger partial charge in [0.15, 0.2) is 17.5 Å². The molecule has 56 heavy (non-hydrogen) atoms. The number of rotatable bonds is 6. The third kappa shape index (κ3) is 5.13. The van der Waals surface area contributed by atoms with E-state index in [2.05, 4.69) is 173 Å². The van der Waals surface area contributed by atoms with Crippen LogP contribution in [0.25, 0.3) is 100 Å². The zero-order valence-electron chi connectivity index (χ0n) is 30.3. The van der Waals surface area contributed by atoms with Crippen LogP contribution in [0.15, 0.2) is 200 Å². The van der Waals surface area contributed by atoms with E-state index in [9.17, 15) is 0 Å². The highest BCUT2D eigenvalue weighted by molar-refractivity contribution is 6.20. The largest absolute Gasteiger partial charge is 0.309 e. The predicted octanol–water partition coefficient (Wildman–Crippen LogP) is 12.7. The van der Waals surface area contributed by atoms with Gasteiger partial charge in [-0.2, -0.15) is 0 Å². The highest BCUT2D eigenvalue weighted by Gasteiger charge is 2.23. The van der Waals surface area contributed by atoms with Crippen LogP contribution >= 0.6 is 0 Å². The number of nitrogens with zero attached hydrogens (tertiary/aromatic N) is 5. The normalized spacial score (nSPS) is 11.6. The van der Waals surface area contributed by atoms with Crippen molar-refractivity contribution in [2.75, 3.05) is 0 Å². The molecule has 0 aliphatic rings. The summed E-state index contributed by atoms with van der Waals surface area (Å²) in [5.41, 5.74) is 11.8. The summed E-state index contributed by atoms with van der Waals surface area (Å²) in [5, 5.41) is 4.75. The van der Waals surface area contributed by atoms with Crippen LogP contribution in [0, 0.1) is 0 Å². The second-order valence-corrected chi connectivity index (χ2v) is 14.0. The molecule has 3 heterocycles. The first kappa shape index (κ1) is 31.9. The molecule has 0 radical (unpaired) electrons. The van der Waals surface area contributed by atoms with Crippen LogP contribution in [-0.4, -0.2) is 24.1 Å². The Morgan fingerprint density at radius 1 is 0.304 bits per heavy atom. The lowest BCUT2D eigenvalue weighted by atomic mass is 9.95. The molecule has 3 aromatic heterocycles. The standard InChI is InChI=1S/C51H33N5/c1-5-17-34(18-6-1)49-52-50(35-19-7-2-8-20-35)54-51(53-49)42-31-30-39(47-41-26-14-16-28-45(41)56(48(42)47)38-23-11-4-12-24-38)36-29-32-46-43(33-36)40-25-13-15-27-44(40)55(46)37-21-9-3-10-22-37/h1-33H. The Kier molecular flexibility index (Phi) is 7.42. The van der Waals surface area contributed by atoms with E-state index >= 15 is 0 Å². The molecular formula is C51H33N5. The van der Waals surface area contributed by atoms with Crippen LogP contribution in [0.4, 0.5) is 0 Å². The van der Waals surface area contributed by atoms with Gasteiger partial charge in [0.1, 0.15) is 0 Å². The average Bonchev–Trinajstić information content (AvgIpc) is 3.80. The van der Waals surface area contributed by atoms with E-state index in [4.69, 9.17) is 15.0 Å². The molecule has 5 heteroatoms.